The van der Waals surface area contributed by atoms with E-state index in [0.29, 0.717) is 0 Å². The van der Waals surface area contributed by atoms with Gasteiger partial charge in [-0.2, -0.15) is 0 Å². The first-order valence-electron chi connectivity index (χ1n) is 5.49. The third-order valence-corrected chi connectivity index (χ3v) is 2.40. The third kappa shape index (κ3) is 4.96. The number of nitrogens with zero attached hydrogens (tertiary/aromatic N) is 1. The molecule has 2 heteroatoms. The summed E-state index contributed by atoms with van der Waals surface area (Å²) in [6.07, 6.45) is 6.23. The van der Waals surface area contributed by atoms with Crippen LogP contribution in [0, 0.1) is 0 Å². The van der Waals surface area contributed by atoms with Crippen LogP contribution in [0.15, 0.2) is 36.0 Å². The highest BCUT2D eigenvalue weighted by atomic mass is 16.5. The molecule has 0 radical (unpaired) electrons. The first kappa shape index (κ1) is 12.2. The van der Waals surface area contributed by atoms with Gasteiger partial charge >= 0.3 is 0 Å². The van der Waals surface area contributed by atoms with Gasteiger partial charge in [0.15, 0.2) is 0 Å². The van der Waals surface area contributed by atoms with Crippen molar-refractivity contribution in [2.45, 2.75) is 13.8 Å². The fraction of sp³-hybridized carbons (Fsp3) is 0.538. The van der Waals surface area contributed by atoms with Crippen LogP contribution in [0.1, 0.15) is 13.8 Å². The molecule has 0 saturated carbocycles. The molecule has 0 N–H and O–H groups in total. The van der Waals surface area contributed by atoms with Crippen molar-refractivity contribution in [1.29, 1.82) is 0 Å². The minimum Gasteiger partial charge on any atom is -0.379 e. The summed E-state index contributed by atoms with van der Waals surface area (Å²) in [6, 6.07) is 0. The third-order valence-electron chi connectivity index (χ3n) is 2.40. The molecule has 1 aliphatic rings. The first-order valence-corrected chi connectivity index (χ1v) is 5.49. The van der Waals surface area contributed by atoms with E-state index in [9.17, 15) is 0 Å². The van der Waals surface area contributed by atoms with Crippen LogP contribution in [-0.4, -0.2) is 37.7 Å². The van der Waals surface area contributed by atoms with Crippen molar-refractivity contribution in [1.82, 2.24) is 4.90 Å². The van der Waals surface area contributed by atoms with E-state index >= 15 is 0 Å². The Morgan fingerprint density at radius 2 is 1.93 bits per heavy atom. The minimum absolute atomic E-state index is 0.854. The summed E-state index contributed by atoms with van der Waals surface area (Å²) in [5.74, 6) is 0. The van der Waals surface area contributed by atoms with Crippen molar-refractivity contribution in [3.63, 3.8) is 0 Å². The molecule has 1 heterocycles. The molecule has 2 nitrogen and oxygen atoms in total. The van der Waals surface area contributed by atoms with Gasteiger partial charge in [-0.1, -0.05) is 30.4 Å². The fourth-order valence-electron chi connectivity index (χ4n) is 1.48. The molecule has 1 aliphatic heterocycles. The van der Waals surface area contributed by atoms with Crippen molar-refractivity contribution < 1.29 is 4.74 Å². The molecule has 0 unspecified atom stereocenters. The first-order chi connectivity index (χ1) is 7.22. The van der Waals surface area contributed by atoms with E-state index in [1.54, 1.807) is 0 Å². The van der Waals surface area contributed by atoms with E-state index in [2.05, 4.69) is 37.5 Å². The highest BCUT2D eigenvalue weighted by Crippen LogP contribution is 2.05. The zero-order chi connectivity index (χ0) is 11.1. The Morgan fingerprint density at radius 3 is 2.47 bits per heavy atom. The van der Waals surface area contributed by atoms with Gasteiger partial charge in [-0.05, 0) is 19.4 Å². The monoisotopic (exact) mass is 207 g/mol. The molecule has 15 heavy (non-hydrogen) atoms. The second-order valence-electron chi connectivity index (χ2n) is 4.08. The number of hydrogen-bond acceptors (Lipinski definition) is 2. The number of hydrogen-bond donors (Lipinski definition) is 0. The molecule has 0 atom stereocenters. The molecule has 0 aromatic heterocycles. The number of rotatable bonds is 4. The maximum Gasteiger partial charge on any atom is 0.0594 e. The predicted molar refractivity (Wildman–Crippen MR) is 65.0 cm³/mol. The van der Waals surface area contributed by atoms with E-state index in [4.69, 9.17) is 4.74 Å². The normalized spacial score (nSPS) is 18.7. The second-order valence-corrected chi connectivity index (χ2v) is 4.08. The summed E-state index contributed by atoms with van der Waals surface area (Å²) in [4.78, 5) is 2.40. The lowest BCUT2D eigenvalue weighted by atomic mass is 10.2. The van der Waals surface area contributed by atoms with Gasteiger partial charge in [-0.3, -0.25) is 4.90 Å². The van der Waals surface area contributed by atoms with Gasteiger partial charge in [0.2, 0.25) is 0 Å². The van der Waals surface area contributed by atoms with Crippen molar-refractivity contribution >= 4 is 0 Å². The standard InChI is InChI=1S/C13H21NO/c1-4-13(6-5-12(2)3)11-14-7-9-15-10-8-14/h4-6H,1,7-11H2,2-3H3/b13-6+. The van der Waals surface area contributed by atoms with Crippen LogP contribution >= 0.6 is 0 Å². The SMILES string of the molecule is C=C/C(=C\C=C(C)C)CN1CCOCC1. The summed E-state index contributed by atoms with van der Waals surface area (Å²) in [5.41, 5.74) is 2.59. The van der Waals surface area contributed by atoms with E-state index in [1.165, 1.54) is 11.1 Å². The Kier molecular flexibility index (Phi) is 5.37. The molecule has 1 rings (SSSR count). The lowest BCUT2D eigenvalue weighted by Gasteiger charge is -2.26. The van der Waals surface area contributed by atoms with Crippen molar-refractivity contribution in [2.24, 2.45) is 0 Å². The largest absolute Gasteiger partial charge is 0.379 e. The zero-order valence-corrected chi connectivity index (χ0v) is 9.83. The molecule has 0 aromatic rings. The highest BCUT2D eigenvalue weighted by Gasteiger charge is 2.10. The predicted octanol–water partition coefficient (Wildman–Crippen LogP) is 2.40. The lowest BCUT2D eigenvalue weighted by molar-refractivity contribution is 0.0426. The Balaban J connectivity index is 2.48. The van der Waals surface area contributed by atoms with Gasteiger partial charge in [0, 0.05) is 19.6 Å². The van der Waals surface area contributed by atoms with Gasteiger partial charge < -0.3 is 4.74 Å². The van der Waals surface area contributed by atoms with Crippen LogP contribution in [0.2, 0.25) is 0 Å². The summed E-state index contributed by atoms with van der Waals surface area (Å²) in [6.45, 7) is 12.8. The van der Waals surface area contributed by atoms with Crippen LogP contribution in [0.25, 0.3) is 0 Å². The number of morpholine rings is 1. The summed E-state index contributed by atoms with van der Waals surface area (Å²) in [7, 11) is 0. The van der Waals surface area contributed by atoms with Crippen molar-refractivity contribution in [3.05, 3.63) is 36.0 Å². The van der Waals surface area contributed by atoms with E-state index in [0.717, 1.165) is 32.8 Å². The van der Waals surface area contributed by atoms with Crippen molar-refractivity contribution in [3.8, 4) is 0 Å². The molecule has 0 aromatic carbocycles. The molecular weight excluding hydrogens is 186 g/mol. The van der Waals surface area contributed by atoms with Gasteiger partial charge in [0.25, 0.3) is 0 Å². The van der Waals surface area contributed by atoms with Crippen LogP contribution in [0.3, 0.4) is 0 Å². The molecular formula is C13H21NO. The van der Waals surface area contributed by atoms with Gasteiger partial charge in [0.05, 0.1) is 13.2 Å². The Hall–Kier alpha value is -0.860. The average molecular weight is 207 g/mol. The molecule has 1 saturated heterocycles. The molecule has 0 spiro atoms. The number of allylic oxidation sites excluding steroid dienone is 3. The topological polar surface area (TPSA) is 12.5 Å². The molecule has 1 fully saturated rings. The van der Waals surface area contributed by atoms with Crippen LogP contribution in [-0.2, 0) is 4.74 Å². The molecule has 0 bridgehead atoms. The van der Waals surface area contributed by atoms with E-state index in [-0.39, 0.29) is 0 Å². The minimum atomic E-state index is 0.854. The molecule has 0 aliphatic carbocycles. The molecule has 0 amide bonds. The van der Waals surface area contributed by atoms with Crippen molar-refractivity contribution in [2.75, 3.05) is 32.8 Å². The van der Waals surface area contributed by atoms with Crippen LogP contribution in [0.4, 0.5) is 0 Å². The van der Waals surface area contributed by atoms with Crippen LogP contribution in [0.5, 0.6) is 0 Å². The Bertz CT molecular complexity index is 256. The van der Waals surface area contributed by atoms with Gasteiger partial charge in [0.1, 0.15) is 0 Å². The van der Waals surface area contributed by atoms with E-state index < -0.39 is 0 Å². The van der Waals surface area contributed by atoms with Gasteiger partial charge in [-0.15, -0.1) is 0 Å². The smallest absolute Gasteiger partial charge is 0.0594 e. The quantitative estimate of drug-likeness (QED) is 0.656. The lowest BCUT2D eigenvalue weighted by Crippen LogP contribution is -2.37. The highest BCUT2D eigenvalue weighted by molar-refractivity contribution is 5.25. The summed E-state index contributed by atoms with van der Waals surface area (Å²) < 4.78 is 5.31. The van der Waals surface area contributed by atoms with Gasteiger partial charge in [-0.25, -0.2) is 0 Å². The maximum atomic E-state index is 5.31. The fourth-order valence-corrected chi connectivity index (χ4v) is 1.48. The average Bonchev–Trinajstić information content (AvgIpc) is 2.25. The van der Waals surface area contributed by atoms with Crippen LogP contribution < -0.4 is 0 Å². The molecule has 84 valence electrons. The summed E-state index contributed by atoms with van der Waals surface area (Å²) in [5, 5.41) is 0. The second kappa shape index (κ2) is 6.59. The van der Waals surface area contributed by atoms with E-state index in [1.807, 2.05) is 6.08 Å². The number of ether oxygens (including phenoxy) is 1. The zero-order valence-electron chi connectivity index (χ0n) is 9.83. The maximum absolute atomic E-state index is 5.31. The Morgan fingerprint density at radius 1 is 1.27 bits per heavy atom. The Labute approximate surface area is 92.9 Å². The summed E-state index contributed by atoms with van der Waals surface area (Å²) >= 11 is 0.